The lowest BCUT2D eigenvalue weighted by Crippen LogP contribution is -2.20. The predicted octanol–water partition coefficient (Wildman–Crippen LogP) is 3.76. The summed E-state index contributed by atoms with van der Waals surface area (Å²) in [6.45, 7) is 11.2. The molecule has 1 N–H and O–H groups in total. The van der Waals surface area contributed by atoms with E-state index in [2.05, 4.69) is 9.82 Å². The molecule has 0 amide bonds. The molecule has 0 unspecified atom stereocenters. The van der Waals surface area contributed by atoms with Crippen molar-refractivity contribution >= 4 is 21.5 Å². The van der Waals surface area contributed by atoms with Gasteiger partial charge in [-0.2, -0.15) is 5.10 Å². The van der Waals surface area contributed by atoms with Crippen LogP contribution in [0.3, 0.4) is 0 Å². The summed E-state index contributed by atoms with van der Waals surface area (Å²) in [4.78, 5) is 11.5. The number of sulfonamides is 1. The summed E-state index contributed by atoms with van der Waals surface area (Å²) in [5.41, 5.74) is 1.05. The molecule has 7 heteroatoms. The van der Waals surface area contributed by atoms with Gasteiger partial charge in [0.2, 0.25) is 0 Å². The smallest absolute Gasteiger partial charge is 0.265 e. The number of benzene rings is 1. The molecule has 0 atom stereocenters. The number of aromatic nitrogens is 2. The van der Waals surface area contributed by atoms with Gasteiger partial charge in [-0.3, -0.25) is 14.2 Å². The van der Waals surface area contributed by atoms with E-state index in [1.165, 1.54) is 6.92 Å². The lowest BCUT2D eigenvalue weighted by atomic mass is 9.92. The monoisotopic (exact) mass is 363 g/mol. The van der Waals surface area contributed by atoms with Crippen molar-refractivity contribution in [3.8, 4) is 0 Å². The van der Waals surface area contributed by atoms with Crippen LogP contribution in [0.5, 0.6) is 0 Å². The van der Waals surface area contributed by atoms with Crippen LogP contribution in [0.15, 0.2) is 35.4 Å². The lowest BCUT2D eigenvalue weighted by Gasteiger charge is -2.18. The van der Waals surface area contributed by atoms with E-state index in [0.29, 0.717) is 16.9 Å². The first kappa shape index (κ1) is 19.2. The molecule has 0 spiro atoms. The fraction of sp³-hybridized carbons (Fsp3) is 0.444. The number of nitrogens with zero attached hydrogens (tertiary/aromatic N) is 2. The first-order valence-corrected chi connectivity index (χ1v) is 9.63. The molecular weight excluding hydrogens is 338 g/mol. The maximum atomic E-state index is 12.9. The van der Waals surface area contributed by atoms with E-state index in [0.717, 1.165) is 0 Å². The molecule has 1 aromatic heterocycles. The third kappa shape index (κ3) is 4.28. The number of nitrogens with one attached hydrogen (secondary N) is 1. The molecule has 1 heterocycles. The van der Waals surface area contributed by atoms with Crippen LogP contribution in [0.1, 0.15) is 63.6 Å². The molecule has 6 nitrogen and oxygen atoms in total. The molecule has 0 aliphatic heterocycles. The van der Waals surface area contributed by atoms with E-state index in [-0.39, 0.29) is 16.7 Å². The largest absolute Gasteiger partial charge is 0.295 e. The molecule has 0 bridgehead atoms. The van der Waals surface area contributed by atoms with E-state index >= 15 is 0 Å². The Morgan fingerprint density at radius 3 is 2.16 bits per heavy atom. The van der Waals surface area contributed by atoms with Crippen molar-refractivity contribution < 1.29 is 13.2 Å². The van der Waals surface area contributed by atoms with E-state index in [1.54, 1.807) is 35.1 Å². The molecule has 2 rings (SSSR count). The number of anilines is 1. The standard InChI is InChI=1S/C18H25N3O3S/c1-12(2)21-11-16(17(19-21)18(4,5)6)25(23,24)20-15-9-7-14(8-10-15)13(3)22/h7-12,20H,1-6H3. The Bertz CT molecular complexity index is 873. The van der Waals surface area contributed by atoms with Gasteiger partial charge in [-0.25, -0.2) is 8.42 Å². The molecule has 1 aromatic carbocycles. The van der Waals surface area contributed by atoms with E-state index in [1.807, 2.05) is 34.6 Å². The third-order valence-electron chi connectivity index (χ3n) is 3.77. The first-order chi connectivity index (χ1) is 11.4. The van der Waals surface area contributed by atoms with Gasteiger partial charge < -0.3 is 0 Å². The molecule has 0 saturated carbocycles. The van der Waals surface area contributed by atoms with Crippen LogP contribution in [0.2, 0.25) is 0 Å². The van der Waals surface area contributed by atoms with Gasteiger partial charge in [-0.05, 0) is 45.0 Å². The second-order valence-corrected chi connectivity index (χ2v) is 9.06. The highest BCUT2D eigenvalue weighted by molar-refractivity contribution is 7.92. The predicted molar refractivity (Wildman–Crippen MR) is 98.6 cm³/mol. The Hall–Kier alpha value is -2.15. The summed E-state index contributed by atoms with van der Waals surface area (Å²) in [5.74, 6) is -0.0670. The van der Waals surface area contributed by atoms with Crippen molar-refractivity contribution in [3.63, 3.8) is 0 Å². The van der Waals surface area contributed by atoms with Crippen molar-refractivity contribution in [2.75, 3.05) is 4.72 Å². The summed E-state index contributed by atoms with van der Waals surface area (Å²) >= 11 is 0. The van der Waals surface area contributed by atoms with Gasteiger partial charge in [0.1, 0.15) is 4.90 Å². The Labute approximate surface area is 149 Å². The maximum absolute atomic E-state index is 12.9. The highest BCUT2D eigenvalue weighted by Crippen LogP contribution is 2.30. The number of carbonyl (C=O) groups is 1. The minimum Gasteiger partial charge on any atom is -0.295 e. The van der Waals surface area contributed by atoms with Crippen LogP contribution in [-0.2, 0) is 15.4 Å². The summed E-state index contributed by atoms with van der Waals surface area (Å²) in [6, 6.07) is 6.42. The summed E-state index contributed by atoms with van der Waals surface area (Å²) in [6.07, 6.45) is 1.57. The maximum Gasteiger partial charge on any atom is 0.265 e. The van der Waals surface area contributed by atoms with Crippen LogP contribution in [0.4, 0.5) is 5.69 Å². The van der Waals surface area contributed by atoms with Gasteiger partial charge in [0.15, 0.2) is 5.78 Å². The van der Waals surface area contributed by atoms with Crippen LogP contribution < -0.4 is 4.72 Å². The van der Waals surface area contributed by atoms with Crippen LogP contribution >= 0.6 is 0 Å². The Kier molecular flexibility index (Phi) is 5.09. The quantitative estimate of drug-likeness (QED) is 0.820. The van der Waals surface area contributed by atoms with Crippen LogP contribution in [0, 0.1) is 0 Å². The van der Waals surface area contributed by atoms with Crippen LogP contribution in [-0.4, -0.2) is 24.0 Å². The zero-order valence-corrected chi connectivity index (χ0v) is 16.3. The summed E-state index contributed by atoms with van der Waals surface area (Å²) < 4.78 is 30.0. The Morgan fingerprint density at radius 1 is 1.16 bits per heavy atom. The minimum atomic E-state index is -3.79. The molecule has 2 aromatic rings. The van der Waals surface area contributed by atoms with Gasteiger partial charge in [0, 0.05) is 28.9 Å². The van der Waals surface area contributed by atoms with Gasteiger partial charge in [-0.15, -0.1) is 0 Å². The second-order valence-electron chi connectivity index (χ2n) is 7.40. The molecule has 0 aliphatic rings. The van der Waals surface area contributed by atoms with Crippen molar-refractivity contribution in [2.45, 2.75) is 57.9 Å². The van der Waals surface area contributed by atoms with Gasteiger partial charge in [0.05, 0.1) is 5.69 Å². The van der Waals surface area contributed by atoms with E-state index < -0.39 is 15.4 Å². The molecule has 0 aliphatic carbocycles. The molecule has 0 fully saturated rings. The topological polar surface area (TPSA) is 81.1 Å². The highest BCUT2D eigenvalue weighted by atomic mass is 32.2. The van der Waals surface area contributed by atoms with Crippen molar-refractivity contribution in [3.05, 3.63) is 41.7 Å². The average Bonchev–Trinajstić information content (AvgIpc) is 2.93. The number of Topliss-reactive ketones (excluding diaryl/α,β-unsaturated/α-hetero) is 1. The summed E-state index contributed by atoms with van der Waals surface area (Å²) in [7, 11) is -3.79. The fourth-order valence-electron chi connectivity index (χ4n) is 2.34. The zero-order chi connectivity index (χ0) is 19.0. The van der Waals surface area contributed by atoms with Crippen LogP contribution in [0.25, 0.3) is 0 Å². The average molecular weight is 363 g/mol. The molecule has 136 valence electrons. The summed E-state index contributed by atoms with van der Waals surface area (Å²) in [5, 5.41) is 4.48. The number of hydrogen-bond acceptors (Lipinski definition) is 4. The molecule has 0 saturated heterocycles. The number of rotatable bonds is 5. The van der Waals surface area contributed by atoms with Gasteiger partial charge >= 0.3 is 0 Å². The number of ketones is 1. The van der Waals surface area contributed by atoms with E-state index in [4.69, 9.17) is 0 Å². The number of carbonyl (C=O) groups excluding carboxylic acids is 1. The van der Waals surface area contributed by atoms with Gasteiger partial charge in [-0.1, -0.05) is 20.8 Å². The van der Waals surface area contributed by atoms with Crippen molar-refractivity contribution in [2.24, 2.45) is 0 Å². The first-order valence-electron chi connectivity index (χ1n) is 8.15. The SMILES string of the molecule is CC(=O)c1ccc(NS(=O)(=O)c2cn(C(C)C)nc2C(C)(C)C)cc1. The van der Waals surface area contributed by atoms with Gasteiger partial charge in [0.25, 0.3) is 10.0 Å². The second kappa shape index (κ2) is 6.63. The Morgan fingerprint density at radius 2 is 1.72 bits per heavy atom. The highest BCUT2D eigenvalue weighted by Gasteiger charge is 2.30. The van der Waals surface area contributed by atoms with Crippen molar-refractivity contribution in [1.82, 2.24) is 9.78 Å². The van der Waals surface area contributed by atoms with Crippen molar-refractivity contribution in [1.29, 1.82) is 0 Å². The van der Waals surface area contributed by atoms with E-state index in [9.17, 15) is 13.2 Å². The zero-order valence-electron chi connectivity index (χ0n) is 15.5. The third-order valence-corrected chi connectivity index (χ3v) is 5.15. The Balaban J connectivity index is 2.43. The fourth-order valence-corrected chi connectivity index (χ4v) is 3.74. The normalized spacial score (nSPS) is 12.4. The lowest BCUT2D eigenvalue weighted by molar-refractivity contribution is 0.101. The minimum absolute atomic E-state index is 0.0555. The molecular formula is C18H25N3O3S. The molecule has 25 heavy (non-hydrogen) atoms. The molecule has 0 radical (unpaired) electrons. The number of hydrogen-bond donors (Lipinski definition) is 1.